The third-order valence-corrected chi connectivity index (χ3v) is 6.04. The van der Waals surface area contributed by atoms with Gasteiger partial charge in [-0.05, 0) is 30.7 Å². The first-order valence-corrected chi connectivity index (χ1v) is 10.4. The lowest BCUT2D eigenvalue weighted by atomic mass is 10.1. The second-order valence-electron chi connectivity index (χ2n) is 6.83. The molecule has 1 aliphatic rings. The van der Waals surface area contributed by atoms with E-state index in [0.717, 1.165) is 4.31 Å². The van der Waals surface area contributed by atoms with Crippen LogP contribution in [0.15, 0.2) is 30.6 Å². The summed E-state index contributed by atoms with van der Waals surface area (Å²) in [6.45, 7) is 2.50. The summed E-state index contributed by atoms with van der Waals surface area (Å²) < 4.78 is 55.4. The number of piperidine rings is 1. The number of pyridine rings is 2. The molecule has 11 heteroatoms. The lowest BCUT2D eigenvalue weighted by Crippen LogP contribution is -2.45. The number of rotatable bonds is 5. The zero-order valence-electron chi connectivity index (χ0n) is 15.9. The highest BCUT2D eigenvalue weighted by atomic mass is 32.2. The Bertz CT molecular complexity index is 1020. The van der Waals surface area contributed by atoms with E-state index in [-0.39, 0.29) is 24.7 Å². The molecule has 29 heavy (non-hydrogen) atoms. The molecule has 3 rings (SSSR count). The van der Waals surface area contributed by atoms with Crippen molar-refractivity contribution in [3.63, 3.8) is 0 Å². The minimum atomic E-state index is -3.99. The summed E-state index contributed by atoms with van der Waals surface area (Å²) in [4.78, 5) is 19.5. The lowest BCUT2D eigenvalue weighted by Gasteiger charge is -2.31. The highest BCUT2D eigenvalue weighted by molar-refractivity contribution is 7.90. The summed E-state index contributed by atoms with van der Waals surface area (Å²) in [5, 5.41) is 2.58. The van der Waals surface area contributed by atoms with Gasteiger partial charge in [-0.15, -0.1) is 0 Å². The standard InChI is InChI=1S/C18H21F2N5O3S/c1-12-16(24-29(27,28)25-7-4-18(19,20)5-8-25)9-15(11-22-12)14-3-6-21-17(10-14)23-13(2)26/h3,6,9-11,24H,4-5,7-8H2,1-2H3,(H,21,23,26). The van der Waals surface area contributed by atoms with E-state index in [2.05, 4.69) is 20.0 Å². The number of nitrogens with one attached hydrogen (secondary N) is 2. The lowest BCUT2D eigenvalue weighted by molar-refractivity contribution is -0.114. The molecule has 2 N–H and O–H groups in total. The molecule has 0 spiro atoms. The van der Waals surface area contributed by atoms with E-state index in [9.17, 15) is 22.0 Å². The number of halogens is 2. The minimum Gasteiger partial charge on any atom is -0.311 e. The fourth-order valence-corrected chi connectivity index (χ4v) is 4.19. The van der Waals surface area contributed by atoms with Crippen molar-refractivity contribution in [2.75, 3.05) is 23.1 Å². The molecule has 8 nitrogen and oxygen atoms in total. The topological polar surface area (TPSA) is 104 Å². The van der Waals surface area contributed by atoms with Gasteiger partial charge in [-0.2, -0.15) is 12.7 Å². The van der Waals surface area contributed by atoms with Crippen LogP contribution in [0.3, 0.4) is 0 Å². The maximum Gasteiger partial charge on any atom is 0.301 e. The van der Waals surface area contributed by atoms with E-state index in [1.807, 2.05) is 0 Å². The molecule has 1 saturated heterocycles. The monoisotopic (exact) mass is 425 g/mol. The summed E-state index contributed by atoms with van der Waals surface area (Å²) >= 11 is 0. The highest BCUT2D eigenvalue weighted by Gasteiger charge is 2.38. The van der Waals surface area contributed by atoms with Crippen LogP contribution in [0.2, 0.25) is 0 Å². The molecule has 0 aromatic carbocycles. The van der Waals surface area contributed by atoms with Crippen LogP contribution in [0, 0.1) is 6.92 Å². The molecule has 2 aromatic rings. The molecular weight excluding hydrogens is 404 g/mol. The van der Waals surface area contributed by atoms with Gasteiger partial charge >= 0.3 is 10.2 Å². The summed E-state index contributed by atoms with van der Waals surface area (Å²) in [5.41, 5.74) is 1.97. The zero-order valence-corrected chi connectivity index (χ0v) is 16.8. The van der Waals surface area contributed by atoms with Crippen molar-refractivity contribution in [1.82, 2.24) is 14.3 Å². The molecule has 3 heterocycles. The number of anilines is 2. The van der Waals surface area contributed by atoms with Gasteiger partial charge in [0.25, 0.3) is 5.92 Å². The first-order chi connectivity index (χ1) is 13.6. The van der Waals surface area contributed by atoms with Crippen LogP contribution in [-0.4, -0.2) is 47.6 Å². The van der Waals surface area contributed by atoms with E-state index in [1.54, 1.807) is 31.3 Å². The molecule has 0 atom stereocenters. The van der Waals surface area contributed by atoms with Crippen molar-refractivity contribution in [1.29, 1.82) is 0 Å². The molecule has 2 aromatic heterocycles. The largest absolute Gasteiger partial charge is 0.311 e. The summed E-state index contributed by atoms with van der Waals surface area (Å²) in [5.74, 6) is -2.75. The first kappa shape index (κ1) is 21.1. The van der Waals surface area contributed by atoms with Crippen LogP contribution in [0.25, 0.3) is 11.1 Å². The van der Waals surface area contributed by atoms with Crippen LogP contribution >= 0.6 is 0 Å². The van der Waals surface area contributed by atoms with Crippen LogP contribution in [0.5, 0.6) is 0 Å². The van der Waals surface area contributed by atoms with Crippen molar-refractivity contribution >= 4 is 27.6 Å². The van der Waals surface area contributed by atoms with Crippen molar-refractivity contribution in [2.24, 2.45) is 0 Å². The fraction of sp³-hybridized carbons (Fsp3) is 0.389. The average Bonchev–Trinajstić information content (AvgIpc) is 2.62. The number of amides is 1. The number of aryl methyl sites for hydroxylation is 1. The molecule has 156 valence electrons. The van der Waals surface area contributed by atoms with E-state index in [1.165, 1.54) is 13.1 Å². The maximum absolute atomic E-state index is 13.3. The molecule has 0 aliphatic carbocycles. The van der Waals surface area contributed by atoms with E-state index < -0.39 is 29.0 Å². The van der Waals surface area contributed by atoms with Gasteiger partial charge in [0.05, 0.1) is 11.4 Å². The minimum absolute atomic E-state index is 0.248. The Balaban J connectivity index is 1.83. The second-order valence-corrected chi connectivity index (χ2v) is 8.50. The second kappa shape index (κ2) is 7.99. The quantitative estimate of drug-likeness (QED) is 0.767. The van der Waals surface area contributed by atoms with E-state index >= 15 is 0 Å². The van der Waals surface area contributed by atoms with Gasteiger partial charge in [-0.25, -0.2) is 13.8 Å². The van der Waals surface area contributed by atoms with E-state index in [4.69, 9.17) is 0 Å². The van der Waals surface area contributed by atoms with Crippen LogP contribution < -0.4 is 10.0 Å². The number of hydrogen-bond donors (Lipinski definition) is 2. The number of hydrogen-bond acceptors (Lipinski definition) is 5. The molecule has 0 unspecified atom stereocenters. The Hall–Kier alpha value is -2.66. The molecule has 0 bridgehead atoms. The summed E-state index contributed by atoms with van der Waals surface area (Å²) in [6.07, 6.45) is 2.07. The third-order valence-electron chi connectivity index (χ3n) is 4.52. The molecule has 1 aliphatic heterocycles. The van der Waals surface area contributed by atoms with Gasteiger partial charge in [-0.3, -0.25) is 14.5 Å². The third kappa shape index (κ3) is 5.24. The average molecular weight is 425 g/mol. The van der Waals surface area contributed by atoms with Crippen LogP contribution in [0.4, 0.5) is 20.3 Å². The van der Waals surface area contributed by atoms with Gasteiger partial charge in [0.1, 0.15) is 5.82 Å². The Morgan fingerprint density at radius 2 is 1.86 bits per heavy atom. The number of nitrogens with zero attached hydrogens (tertiary/aromatic N) is 3. The Morgan fingerprint density at radius 1 is 1.17 bits per heavy atom. The van der Waals surface area contributed by atoms with Crippen molar-refractivity contribution < 1.29 is 22.0 Å². The van der Waals surface area contributed by atoms with Crippen molar-refractivity contribution in [3.8, 4) is 11.1 Å². The molecule has 1 fully saturated rings. The smallest absolute Gasteiger partial charge is 0.301 e. The number of aromatic nitrogens is 2. The predicted octanol–water partition coefficient (Wildman–Crippen LogP) is 2.80. The van der Waals surface area contributed by atoms with Crippen LogP contribution in [0.1, 0.15) is 25.5 Å². The number of carbonyl (C=O) groups excluding carboxylic acids is 1. The van der Waals surface area contributed by atoms with E-state index in [0.29, 0.717) is 22.6 Å². The van der Waals surface area contributed by atoms with Crippen molar-refractivity contribution in [3.05, 3.63) is 36.3 Å². The SMILES string of the molecule is CC(=O)Nc1cc(-c2cnc(C)c(NS(=O)(=O)N3CCC(F)(F)CC3)c2)ccn1. The summed E-state index contributed by atoms with van der Waals surface area (Å²) in [7, 11) is -3.99. The molecule has 1 amide bonds. The highest BCUT2D eigenvalue weighted by Crippen LogP contribution is 2.30. The van der Waals surface area contributed by atoms with Crippen molar-refractivity contribution in [2.45, 2.75) is 32.6 Å². The van der Waals surface area contributed by atoms with Crippen LogP contribution in [-0.2, 0) is 15.0 Å². The number of alkyl halides is 2. The van der Waals surface area contributed by atoms with Gasteiger partial charge in [0.2, 0.25) is 5.91 Å². The maximum atomic E-state index is 13.3. The first-order valence-electron chi connectivity index (χ1n) is 8.92. The van der Waals surface area contributed by atoms with Gasteiger partial charge in [0.15, 0.2) is 0 Å². The number of carbonyl (C=O) groups is 1. The van der Waals surface area contributed by atoms with Gasteiger partial charge in [-0.1, -0.05) is 0 Å². The Morgan fingerprint density at radius 3 is 2.52 bits per heavy atom. The Kier molecular flexibility index (Phi) is 5.80. The molecule has 0 radical (unpaired) electrons. The zero-order chi connectivity index (χ0) is 21.2. The molecular formula is C18H21F2N5O3S. The fourth-order valence-electron chi connectivity index (χ4n) is 2.91. The normalized spacial score (nSPS) is 17.0. The molecule has 0 saturated carbocycles. The predicted molar refractivity (Wildman–Crippen MR) is 105 cm³/mol. The Labute approximate surface area is 167 Å². The summed E-state index contributed by atoms with van der Waals surface area (Å²) in [6, 6.07) is 4.94. The van der Waals surface area contributed by atoms with Gasteiger partial charge < -0.3 is 5.32 Å². The van der Waals surface area contributed by atoms with Gasteiger partial charge in [0, 0.05) is 50.8 Å².